The first kappa shape index (κ1) is 13.9. The number of benzene rings is 2. The van der Waals surface area contributed by atoms with Crippen LogP contribution in [0.15, 0.2) is 47.6 Å². The summed E-state index contributed by atoms with van der Waals surface area (Å²) in [5.74, 6) is 2.69. The maximum absolute atomic E-state index is 5.95. The van der Waals surface area contributed by atoms with Crippen molar-refractivity contribution >= 4 is 22.5 Å². The third-order valence-corrected chi connectivity index (χ3v) is 4.21. The topological polar surface area (TPSA) is 39.9 Å². The number of aromatic nitrogens is 3. The minimum Gasteiger partial charge on any atom is -0.485 e. The second-order valence-electron chi connectivity index (χ2n) is 4.66. The molecular formula is C16H17N3OS. The Balaban J connectivity index is 1.81. The van der Waals surface area contributed by atoms with Crippen molar-refractivity contribution in [2.24, 2.45) is 7.05 Å². The minimum absolute atomic E-state index is 0.418. The average Bonchev–Trinajstić information content (AvgIpc) is 2.86. The van der Waals surface area contributed by atoms with Gasteiger partial charge in [0.1, 0.15) is 12.4 Å². The molecular weight excluding hydrogens is 282 g/mol. The van der Waals surface area contributed by atoms with Crippen LogP contribution in [0.3, 0.4) is 0 Å². The quantitative estimate of drug-likeness (QED) is 0.674. The van der Waals surface area contributed by atoms with Gasteiger partial charge in [-0.2, -0.15) is 0 Å². The number of thioether (sulfide) groups is 1. The van der Waals surface area contributed by atoms with E-state index in [2.05, 4.69) is 35.3 Å². The molecule has 0 amide bonds. The molecule has 2 aromatic carbocycles. The smallest absolute Gasteiger partial charge is 0.191 e. The van der Waals surface area contributed by atoms with Gasteiger partial charge >= 0.3 is 0 Å². The van der Waals surface area contributed by atoms with Crippen molar-refractivity contribution in [1.82, 2.24) is 14.8 Å². The molecule has 0 N–H and O–H groups in total. The summed E-state index contributed by atoms with van der Waals surface area (Å²) in [7, 11) is 1.97. The fourth-order valence-electron chi connectivity index (χ4n) is 2.19. The van der Waals surface area contributed by atoms with Crippen molar-refractivity contribution in [2.45, 2.75) is 18.7 Å². The first-order chi connectivity index (χ1) is 10.3. The number of fused-ring (bicyclic) bond motifs is 1. The molecule has 3 rings (SSSR count). The molecule has 0 aliphatic rings. The molecule has 21 heavy (non-hydrogen) atoms. The third-order valence-electron chi connectivity index (χ3n) is 3.30. The molecule has 0 aliphatic carbocycles. The predicted molar refractivity (Wildman–Crippen MR) is 85.7 cm³/mol. The summed E-state index contributed by atoms with van der Waals surface area (Å²) in [4.78, 5) is 0. The lowest BCUT2D eigenvalue weighted by atomic mass is 10.1. The molecule has 0 radical (unpaired) electrons. The standard InChI is InChI=1S/C16H17N3OS/c1-3-21-16-18-17-15(19(16)2)11-20-14-10-6-8-12-7-4-5-9-13(12)14/h4-10H,3,11H2,1-2H3. The van der Waals surface area contributed by atoms with Gasteiger partial charge in [0.25, 0.3) is 0 Å². The zero-order valence-electron chi connectivity index (χ0n) is 12.1. The van der Waals surface area contributed by atoms with Crippen molar-refractivity contribution in [3.05, 3.63) is 48.3 Å². The molecule has 0 saturated carbocycles. The summed E-state index contributed by atoms with van der Waals surface area (Å²) >= 11 is 1.68. The number of hydrogen-bond acceptors (Lipinski definition) is 4. The van der Waals surface area contributed by atoms with E-state index in [1.54, 1.807) is 11.8 Å². The first-order valence-electron chi connectivity index (χ1n) is 6.91. The van der Waals surface area contributed by atoms with Crippen LogP contribution in [-0.2, 0) is 13.7 Å². The lowest BCUT2D eigenvalue weighted by Gasteiger charge is -2.09. The van der Waals surface area contributed by atoms with Crippen LogP contribution in [0.4, 0.5) is 0 Å². The van der Waals surface area contributed by atoms with Crippen LogP contribution >= 0.6 is 11.8 Å². The molecule has 0 bridgehead atoms. The monoisotopic (exact) mass is 299 g/mol. The summed E-state index contributed by atoms with van der Waals surface area (Å²) in [5, 5.41) is 11.6. The number of nitrogens with zero attached hydrogens (tertiary/aromatic N) is 3. The summed E-state index contributed by atoms with van der Waals surface area (Å²) < 4.78 is 7.93. The van der Waals surface area contributed by atoms with Gasteiger partial charge in [0.15, 0.2) is 11.0 Å². The van der Waals surface area contributed by atoms with Crippen molar-refractivity contribution in [3.8, 4) is 5.75 Å². The van der Waals surface area contributed by atoms with Gasteiger partial charge in [0.2, 0.25) is 0 Å². The van der Waals surface area contributed by atoms with Crippen molar-refractivity contribution < 1.29 is 4.74 Å². The molecule has 108 valence electrons. The SMILES string of the molecule is CCSc1nnc(COc2cccc3ccccc23)n1C. The predicted octanol–water partition coefficient (Wildman–Crippen LogP) is 3.66. The van der Waals surface area contributed by atoms with E-state index in [9.17, 15) is 0 Å². The Morgan fingerprint density at radius 1 is 1.10 bits per heavy atom. The van der Waals surface area contributed by atoms with Gasteiger partial charge in [-0.15, -0.1) is 10.2 Å². The van der Waals surface area contributed by atoms with Gasteiger partial charge in [0.05, 0.1) is 0 Å². The maximum Gasteiger partial charge on any atom is 0.191 e. The van der Waals surface area contributed by atoms with E-state index in [1.165, 1.54) is 5.39 Å². The van der Waals surface area contributed by atoms with E-state index in [4.69, 9.17) is 4.74 Å². The summed E-state index contributed by atoms with van der Waals surface area (Å²) in [6.45, 7) is 2.52. The molecule has 0 saturated heterocycles. The highest BCUT2D eigenvalue weighted by Gasteiger charge is 2.09. The summed E-state index contributed by atoms with van der Waals surface area (Å²) in [5.41, 5.74) is 0. The van der Waals surface area contributed by atoms with E-state index in [1.807, 2.05) is 35.9 Å². The van der Waals surface area contributed by atoms with Gasteiger partial charge in [-0.1, -0.05) is 55.1 Å². The molecule has 1 aromatic heterocycles. The fraction of sp³-hybridized carbons (Fsp3) is 0.250. The van der Waals surface area contributed by atoms with Crippen molar-refractivity contribution in [1.29, 1.82) is 0 Å². The molecule has 4 nitrogen and oxygen atoms in total. The van der Waals surface area contributed by atoms with E-state index >= 15 is 0 Å². The summed E-state index contributed by atoms with van der Waals surface area (Å²) in [6.07, 6.45) is 0. The number of ether oxygens (including phenoxy) is 1. The van der Waals surface area contributed by atoms with Crippen LogP contribution < -0.4 is 4.74 Å². The normalized spacial score (nSPS) is 11.0. The fourth-order valence-corrected chi connectivity index (χ4v) is 2.85. The van der Waals surface area contributed by atoms with E-state index in [0.29, 0.717) is 6.61 Å². The zero-order valence-corrected chi connectivity index (χ0v) is 12.9. The molecule has 0 atom stereocenters. The molecule has 1 heterocycles. The van der Waals surface area contributed by atoms with Crippen LogP contribution in [0.2, 0.25) is 0 Å². The minimum atomic E-state index is 0.418. The van der Waals surface area contributed by atoms with E-state index in [0.717, 1.165) is 27.9 Å². The third kappa shape index (κ3) is 2.88. The lowest BCUT2D eigenvalue weighted by Crippen LogP contribution is -2.04. The number of hydrogen-bond donors (Lipinski definition) is 0. The molecule has 0 fully saturated rings. The van der Waals surface area contributed by atoms with Crippen LogP contribution in [0.5, 0.6) is 5.75 Å². The van der Waals surface area contributed by atoms with Crippen molar-refractivity contribution in [2.75, 3.05) is 5.75 Å². The molecule has 0 spiro atoms. The molecule has 0 aliphatic heterocycles. The van der Waals surface area contributed by atoms with Crippen molar-refractivity contribution in [3.63, 3.8) is 0 Å². The van der Waals surface area contributed by atoms with Gasteiger partial charge < -0.3 is 9.30 Å². The Morgan fingerprint density at radius 2 is 1.90 bits per heavy atom. The second-order valence-corrected chi connectivity index (χ2v) is 5.89. The molecule has 0 unspecified atom stereocenters. The zero-order chi connectivity index (χ0) is 14.7. The Morgan fingerprint density at radius 3 is 2.76 bits per heavy atom. The van der Waals surface area contributed by atoms with Crippen LogP contribution in [0.25, 0.3) is 10.8 Å². The van der Waals surface area contributed by atoms with Crippen LogP contribution in [0, 0.1) is 0 Å². The largest absolute Gasteiger partial charge is 0.485 e. The second kappa shape index (κ2) is 6.18. The molecule has 5 heteroatoms. The highest BCUT2D eigenvalue weighted by atomic mass is 32.2. The Hall–Kier alpha value is -2.01. The average molecular weight is 299 g/mol. The maximum atomic E-state index is 5.95. The van der Waals surface area contributed by atoms with Gasteiger partial charge in [-0.25, -0.2) is 0 Å². The lowest BCUT2D eigenvalue weighted by molar-refractivity contribution is 0.294. The number of rotatable bonds is 5. The van der Waals surface area contributed by atoms with Gasteiger partial charge in [-0.3, -0.25) is 0 Å². The highest BCUT2D eigenvalue weighted by molar-refractivity contribution is 7.99. The Labute approximate surface area is 128 Å². The first-order valence-corrected chi connectivity index (χ1v) is 7.89. The van der Waals surface area contributed by atoms with Gasteiger partial charge in [0, 0.05) is 12.4 Å². The van der Waals surface area contributed by atoms with Crippen LogP contribution in [-0.4, -0.2) is 20.5 Å². The summed E-state index contributed by atoms with van der Waals surface area (Å²) in [6, 6.07) is 14.3. The van der Waals surface area contributed by atoms with Crippen LogP contribution in [0.1, 0.15) is 12.7 Å². The Kier molecular flexibility index (Phi) is 4.10. The Bertz CT molecular complexity index is 749. The highest BCUT2D eigenvalue weighted by Crippen LogP contribution is 2.26. The molecule has 3 aromatic rings. The van der Waals surface area contributed by atoms with E-state index in [-0.39, 0.29) is 0 Å². The van der Waals surface area contributed by atoms with Gasteiger partial charge in [-0.05, 0) is 17.2 Å². The van der Waals surface area contributed by atoms with E-state index < -0.39 is 0 Å².